The Morgan fingerprint density at radius 1 is 1.00 bits per heavy atom. The van der Waals surface area contributed by atoms with E-state index in [9.17, 15) is 0 Å². The fourth-order valence-electron chi connectivity index (χ4n) is 3.76. The van der Waals surface area contributed by atoms with Gasteiger partial charge in [-0.25, -0.2) is 0 Å². The number of tetrazole rings is 1. The van der Waals surface area contributed by atoms with Crippen LogP contribution in [0.3, 0.4) is 0 Å². The lowest BCUT2D eigenvalue weighted by Crippen LogP contribution is -2.40. The van der Waals surface area contributed by atoms with E-state index in [2.05, 4.69) is 33.0 Å². The zero-order valence-electron chi connectivity index (χ0n) is 14.9. The Balaban J connectivity index is 1.76. The molecule has 0 amide bonds. The van der Waals surface area contributed by atoms with Gasteiger partial charge in [0, 0.05) is 11.8 Å². The quantitative estimate of drug-likeness (QED) is 0.756. The van der Waals surface area contributed by atoms with E-state index in [1.807, 2.05) is 47.1 Å². The normalized spacial score (nSPS) is 16.2. The largest absolute Gasteiger partial charge is 0.497 e. The maximum Gasteiger partial charge on any atom is 0.181 e. The van der Waals surface area contributed by atoms with E-state index in [-0.39, 0.29) is 5.54 Å². The number of nitrogens with one attached hydrogen (secondary N) is 1. The van der Waals surface area contributed by atoms with Crippen LogP contribution in [0, 0.1) is 0 Å². The SMILES string of the molecule is COc1cccc(-n2nnnc2C2(Nc3ccccc3)CCCCC2)c1. The van der Waals surface area contributed by atoms with Crippen LogP contribution in [-0.4, -0.2) is 27.3 Å². The summed E-state index contributed by atoms with van der Waals surface area (Å²) < 4.78 is 7.20. The molecule has 0 spiro atoms. The van der Waals surface area contributed by atoms with E-state index in [4.69, 9.17) is 4.74 Å². The molecule has 0 unspecified atom stereocenters. The lowest BCUT2D eigenvalue weighted by Gasteiger charge is -2.37. The summed E-state index contributed by atoms with van der Waals surface area (Å²) in [4.78, 5) is 0. The lowest BCUT2D eigenvalue weighted by atomic mass is 9.80. The predicted octanol–water partition coefficient (Wildman–Crippen LogP) is 3.94. The summed E-state index contributed by atoms with van der Waals surface area (Å²) in [6.45, 7) is 0. The number of para-hydroxylation sites is 1. The monoisotopic (exact) mass is 349 g/mol. The van der Waals surface area contributed by atoms with Crippen LogP contribution in [0.15, 0.2) is 54.6 Å². The highest BCUT2D eigenvalue weighted by molar-refractivity contribution is 5.47. The molecule has 1 fully saturated rings. The number of anilines is 1. The molecule has 2 aromatic carbocycles. The third kappa shape index (κ3) is 3.14. The molecule has 1 aliphatic rings. The third-order valence-corrected chi connectivity index (χ3v) is 5.06. The van der Waals surface area contributed by atoms with Crippen molar-refractivity contribution in [3.63, 3.8) is 0 Å². The van der Waals surface area contributed by atoms with Crippen molar-refractivity contribution in [2.75, 3.05) is 12.4 Å². The average Bonchev–Trinajstić information content (AvgIpc) is 3.20. The Hall–Kier alpha value is -2.89. The summed E-state index contributed by atoms with van der Waals surface area (Å²) in [6.07, 6.45) is 5.58. The summed E-state index contributed by atoms with van der Waals surface area (Å²) in [5, 5.41) is 16.5. The van der Waals surface area contributed by atoms with E-state index < -0.39 is 0 Å². The van der Waals surface area contributed by atoms with Crippen molar-refractivity contribution in [1.82, 2.24) is 20.2 Å². The van der Waals surface area contributed by atoms with E-state index >= 15 is 0 Å². The standard InChI is InChI=1S/C20H23N5O/c1-26-18-12-8-11-17(15-18)25-19(22-23-24-25)20(13-6-3-7-14-20)21-16-9-4-2-5-10-16/h2,4-5,8-12,15,21H,3,6-7,13-14H2,1H3. The molecule has 0 radical (unpaired) electrons. The highest BCUT2D eigenvalue weighted by Crippen LogP contribution is 2.39. The van der Waals surface area contributed by atoms with Crippen LogP contribution in [0.25, 0.3) is 5.69 Å². The molecule has 0 saturated heterocycles. The van der Waals surface area contributed by atoms with E-state index in [0.717, 1.165) is 48.6 Å². The van der Waals surface area contributed by atoms with Gasteiger partial charge in [0.05, 0.1) is 18.3 Å². The van der Waals surface area contributed by atoms with E-state index in [0.29, 0.717) is 0 Å². The predicted molar refractivity (Wildman–Crippen MR) is 101 cm³/mol. The van der Waals surface area contributed by atoms with Crippen molar-refractivity contribution in [2.24, 2.45) is 0 Å². The molecule has 6 nitrogen and oxygen atoms in total. The van der Waals surface area contributed by atoms with Gasteiger partial charge in [0.1, 0.15) is 5.75 Å². The number of aromatic nitrogens is 4. The minimum Gasteiger partial charge on any atom is -0.497 e. The fourth-order valence-corrected chi connectivity index (χ4v) is 3.76. The number of methoxy groups -OCH3 is 1. The molecular weight excluding hydrogens is 326 g/mol. The molecule has 1 heterocycles. The van der Waals surface area contributed by atoms with Crippen LogP contribution in [0.2, 0.25) is 0 Å². The molecule has 1 aromatic heterocycles. The molecular formula is C20H23N5O. The summed E-state index contributed by atoms with van der Waals surface area (Å²) in [6, 6.07) is 18.1. The van der Waals surface area contributed by atoms with Gasteiger partial charge >= 0.3 is 0 Å². The number of hydrogen-bond acceptors (Lipinski definition) is 5. The fraction of sp³-hybridized carbons (Fsp3) is 0.350. The van der Waals surface area contributed by atoms with Crippen molar-refractivity contribution in [2.45, 2.75) is 37.6 Å². The molecule has 6 heteroatoms. The number of rotatable bonds is 5. The highest BCUT2D eigenvalue weighted by Gasteiger charge is 2.39. The Bertz CT molecular complexity index is 855. The molecule has 0 bridgehead atoms. The second-order valence-corrected chi connectivity index (χ2v) is 6.75. The maximum atomic E-state index is 5.36. The first-order chi connectivity index (χ1) is 12.8. The molecule has 1 aliphatic carbocycles. The van der Waals surface area contributed by atoms with Crippen LogP contribution < -0.4 is 10.1 Å². The van der Waals surface area contributed by atoms with E-state index in [1.165, 1.54) is 6.42 Å². The maximum absolute atomic E-state index is 5.36. The van der Waals surface area contributed by atoms with Crippen LogP contribution in [0.4, 0.5) is 5.69 Å². The van der Waals surface area contributed by atoms with Gasteiger partial charge < -0.3 is 10.1 Å². The Labute approximate surface area is 153 Å². The highest BCUT2D eigenvalue weighted by atomic mass is 16.5. The Morgan fingerprint density at radius 2 is 1.81 bits per heavy atom. The zero-order chi connectivity index (χ0) is 17.8. The van der Waals surface area contributed by atoms with Gasteiger partial charge in [-0.1, -0.05) is 43.5 Å². The number of benzene rings is 2. The van der Waals surface area contributed by atoms with Gasteiger partial charge in [-0.3, -0.25) is 0 Å². The third-order valence-electron chi connectivity index (χ3n) is 5.06. The minimum atomic E-state index is -0.272. The number of ether oxygens (including phenoxy) is 1. The lowest BCUT2D eigenvalue weighted by molar-refractivity contribution is 0.309. The van der Waals surface area contributed by atoms with Crippen molar-refractivity contribution < 1.29 is 4.74 Å². The second kappa shape index (κ2) is 7.15. The molecule has 4 rings (SSSR count). The first-order valence-corrected chi connectivity index (χ1v) is 9.07. The van der Waals surface area contributed by atoms with E-state index in [1.54, 1.807) is 7.11 Å². The molecule has 1 N–H and O–H groups in total. The van der Waals surface area contributed by atoms with Crippen LogP contribution >= 0.6 is 0 Å². The molecule has 1 saturated carbocycles. The van der Waals surface area contributed by atoms with Gasteiger partial charge in [0.15, 0.2) is 5.82 Å². The number of nitrogens with zero attached hydrogens (tertiary/aromatic N) is 4. The first kappa shape index (κ1) is 16.6. The second-order valence-electron chi connectivity index (χ2n) is 6.75. The molecule has 0 atom stereocenters. The summed E-state index contributed by atoms with van der Waals surface area (Å²) in [7, 11) is 1.67. The molecule has 134 valence electrons. The van der Waals surface area contributed by atoms with Gasteiger partial charge in [-0.2, -0.15) is 4.68 Å². The van der Waals surface area contributed by atoms with Gasteiger partial charge in [0.25, 0.3) is 0 Å². The van der Waals surface area contributed by atoms with Crippen LogP contribution in [0.5, 0.6) is 5.75 Å². The summed E-state index contributed by atoms with van der Waals surface area (Å²) in [5.41, 5.74) is 1.73. The zero-order valence-corrected chi connectivity index (χ0v) is 14.9. The number of hydrogen-bond donors (Lipinski definition) is 1. The average molecular weight is 349 g/mol. The van der Waals surface area contributed by atoms with Crippen molar-refractivity contribution in [1.29, 1.82) is 0 Å². The first-order valence-electron chi connectivity index (χ1n) is 9.07. The van der Waals surface area contributed by atoms with Gasteiger partial charge in [-0.15, -0.1) is 5.10 Å². The minimum absolute atomic E-state index is 0.272. The summed E-state index contributed by atoms with van der Waals surface area (Å²) in [5.74, 6) is 1.65. The van der Waals surface area contributed by atoms with Crippen molar-refractivity contribution >= 4 is 5.69 Å². The van der Waals surface area contributed by atoms with Crippen molar-refractivity contribution in [3.8, 4) is 11.4 Å². The van der Waals surface area contributed by atoms with Gasteiger partial charge in [-0.05, 0) is 47.5 Å². The van der Waals surface area contributed by atoms with Crippen molar-refractivity contribution in [3.05, 3.63) is 60.4 Å². The van der Waals surface area contributed by atoms with Gasteiger partial charge in [0.2, 0.25) is 0 Å². The van der Waals surface area contributed by atoms with Crippen LogP contribution in [0.1, 0.15) is 37.9 Å². The molecule has 26 heavy (non-hydrogen) atoms. The molecule has 3 aromatic rings. The topological polar surface area (TPSA) is 64.9 Å². The van der Waals surface area contributed by atoms with Crippen LogP contribution in [-0.2, 0) is 5.54 Å². The Kier molecular flexibility index (Phi) is 4.56. The molecule has 0 aliphatic heterocycles. The Morgan fingerprint density at radius 3 is 2.58 bits per heavy atom. The smallest absolute Gasteiger partial charge is 0.181 e. The summed E-state index contributed by atoms with van der Waals surface area (Å²) >= 11 is 0.